The molecule has 0 spiro atoms. The van der Waals surface area contributed by atoms with Crippen LogP contribution in [0.4, 0.5) is 0 Å². The summed E-state index contributed by atoms with van der Waals surface area (Å²) in [4.78, 5) is 11.9. The molecule has 0 heterocycles. The highest BCUT2D eigenvalue weighted by atomic mass is 79.9. The van der Waals surface area contributed by atoms with E-state index in [1.807, 2.05) is 6.07 Å². The van der Waals surface area contributed by atoms with Crippen LogP contribution in [0, 0.1) is 5.92 Å². The fourth-order valence-corrected chi connectivity index (χ4v) is 4.70. The quantitative estimate of drug-likeness (QED) is 0.535. The second-order valence-electron chi connectivity index (χ2n) is 6.57. The van der Waals surface area contributed by atoms with Gasteiger partial charge in [-0.15, -0.1) is 0 Å². The van der Waals surface area contributed by atoms with Gasteiger partial charge in [0.05, 0.1) is 11.5 Å². The molecule has 0 aliphatic rings. The van der Waals surface area contributed by atoms with Gasteiger partial charge in [0, 0.05) is 11.9 Å². The molecule has 0 bridgehead atoms. The van der Waals surface area contributed by atoms with Crippen LogP contribution in [0.25, 0.3) is 0 Å². The summed E-state index contributed by atoms with van der Waals surface area (Å²) in [7, 11) is -4.04. The van der Waals surface area contributed by atoms with E-state index < -0.39 is 28.0 Å². The lowest BCUT2D eigenvalue weighted by molar-refractivity contribution is -0.143. The molecule has 0 amide bonds. The van der Waals surface area contributed by atoms with Crippen LogP contribution in [0.3, 0.4) is 0 Å². The fourth-order valence-electron chi connectivity index (χ4n) is 2.84. The first-order valence-electron chi connectivity index (χ1n) is 8.84. The van der Waals surface area contributed by atoms with Crippen molar-refractivity contribution in [2.24, 2.45) is 5.92 Å². The van der Waals surface area contributed by atoms with Crippen molar-refractivity contribution in [3.05, 3.63) is 60.2 Å². The first-order chi connectivity index (χ1) is 13.3. The highest BCUT2D eigenvalue weighted by Gasteiger charge is 2.38. The van der Waals surface area contributed by atoms with Crippen molar-refractivity contribution in [2.75, 3.05) is 11.9 Å². The van der Waals surface area contributed by atoms with Crippen LogP contribution in [0.15, 0.2) is 59.5 Å². The Bertz CT molecular complexity index is 869. The Morgan fingerprint density at radius 1 is 1.11 bits per heavy atom. The molecule has 0 unspecified atom stereocenters. The Morgan fingerprint density at radius 3 is 2.21 bits per heavy atom. The molecule has 152 valence electrons. The van der Waals surface area contributed by atoms with Gasteiger partial charge in [0.1, 0.15) is 11.8 Å². The van der Waals surface area contributed by atoms with Crippen LogP contribution < -0.4 is 4.74 Å². The second-order valence-corrected chi connectivity index (χ2v) is 9.26. The Balaban J connectivity index is 2.43. The molecule has 2 rings (SSSR count). The van der Waals surface area contributed by atoms with Crippen LogP contribution in [0.5, 0.6) is 5.75 Å². The summed E-state index contributed by atoms with van der Waals surface area (Å²) in [5, 5.41) is 10.4. The van der Waals surface area contributed by atoms with Crippen molar-refractivity contribution in [1.29, 1.82) is 0 Å². The molecular weight excluding hydrogens is 446 g/mol. The van der Waals surface area contributed by atoms with Crippen molar-refractivity contribution < 1.29 is 23.1 Å². The fraction of sp³-hybridized carbons (Fsp3) is 0.350. The number of rotatable bonds is 10. The molecule has 6 nitrogen and oxygen atoms in total. The van der Waals surface area contributed by atoms with Crippen LogP contribution in [0.2, 0.25) is 0 Å². The molecule has 8 heteroatoms. The lowest BCUT2D eigenvalue weighted by atomic mass is 10.0. The number of nitrogens with zero attached hydrogens (tertiary/aromatic N) is 1. The molecule has 0 saturated heterocycles. The zero-order chi connectivity index (χ0) is 20.7. The van der Waals surface area contributed by atoms with E-state index in [0.717, 1.165) is 9.87 Å². The monoisotopic (exact) mass is 469 g/mol. The summed E-state index contributed by atoms with van der Waals surface area (Å²) in [6.07, 6.45) is 0. The van der Waals surface area contributed by atoms with Crippen LogP contribution in [-0.2, 0) is 21.4 Å². The molecule has 0 aliphatic heterocycles. The number of halogens is 1. The number of aliphatic carboxylic acids is 1. The van der Waals surface area contributed by atoms with Gasteiger partial charge in [-0.05, 0) is 35.7 Å². The summed E-state index contributed by atoms with van der Waals surface area (Å²) in [6, 6.07) is 13.8. The lowest BCUT2D eigenvalue weighted by Crippen LogP contribution is -2.47. The van der Waals surface area contributed by atoms with Gasteiger partial charge in [-0.25, -0.2) is 8.42 Å². The number of carbonyl (C=O) groups is 1. The minimum absolute atomic E-state index is 0.0276. The van der Waals surface area contributed by atoms with E-state index >= 15 is 0 Å². The van der Waals surface area contributed by atoms with E-state index in [1.54, 1.807) is 50.2 Å². The highest BCUT2D eigenvalue weighted by Crippen LogP contribution is 2.26. The number of sulfonamides is 1. The number of ether oxygens (including phenoxy) is 1. The average Bonchev–Trinajstić information content (AvgIpc) is 2.66. The minimum atomic E-state index is -4.04. The molecule has 0 aliphatic carbocycles. The van der Waals surface area contributed by atoms with E-state index in [-0.39, 0.29) is 11.4 Å². The lowest BCUT2D eigenvalue weighted by Gasteiger charge is -2.30. The predicted octanol–water partition coefficient (Wildman–Crippen LogP) is 3.76. The zero-order valence-electron chi connectivity index (χ0n) is 15.8. The van der Waals surface area contributed by atoms with E-state index in [2.05, 4.69) is 15.9 Å². The van der Waals surface area contributed by atoms with Crippen LogP contribution in [0.1, 0.15) is 19.4 Å². The first-order valence-corrected chi connectivity index (χ1v) is 11.4. The molecule has 2 aromatic carbocycles. The van der Waals surface area contributed by atoms with Gasteiger partial charge in [0.15, 0.2) is 0 Å². The molecule has 1 atom stereocenters. The molecule has 0 aromatic heterocycles. The van der Waals surface area contributed by atoms with E-state index in [9.17, 15) is 18.3 Å². The molecule has 1 N–H and O–H groups in total. The summed E-state index contributed by atoms with van der Waals surface area (Å²) >= 11 is 3.26. The number of carboxylic acids is 1. The van der Waals surface area contributed by atoms with E-state index in [4.69, 9.17) is 4.74 Å². The number of hydrogen-bond donors (Lipinski definition) is 1. The maximum absolute atomic E-state index is 13.3. The Kier molecular flexibility index (Phi) is 8.03. The first kappa shape index (κ1) is 22.4. The van der Waals surface area contributed by atoms with Crippen LogP contribution >= 0.6 is 15.9 Å². The summed E-state index contributed by atoms with van der Waals surface area (Å²) in [5.41, 5.74) is 0.718. The molecule has 28 heavy (non-hydrogen) atoms. The second kappa shape index (κ2) is 10.0. The smallest absolute Gasteiger partial charge is 0.322 e. The molecule has 2 aromatic rings. The van der Waals surface area contributed by atoms with Crippen molar-refractivity contribution in [3.63, 3.8) is 0 Å². The molecular formula is C20H24BrNO5S. The van der Waals surface area contributed by atoms with Gasteiger partial charge >= 0.3 is 5.97 Å². The standard InChI is InChI=1S/C20H24BrNO5S/c1-15(2)19(20(23)24)22(14-16-6-4-3-5-7-16)28(25,26)18-10-8-17(9-11-18)27-13-12-21/h3-11,15,19H,12-14H2,1-2H3,(H,23,24)/t19-/m1/s1. The molecule has 0 saturated carbocycles. The number of carboxylic acid groups (broad SMARTS) is 1. The number of benzene rings is 2. The van der Waals surface area contributed by atoms with Gasteiger partial charge in [-0.3, -0.25) is 4.79 Å². The van der Waals surface area contributed by atoms with E-state index in [0.29, 0.717) is 17.7 Å². The molecule has 0 fully saturated rings. The van der Waals surface area contributed by atoms with Crippen LogP contribution in [-0.4, -0.2) is 41.8 Å². The number of hydrogen-bond acceptors (Lipinski definition) is 4. The Hall–Kier alpha value is -1.90. The zero-order valence-corrected chi connectivity index (χ0v) is 18.2. The SMILES string of the molecule is CC(C)[C@H](C(=O)O)N(Cc1ccccc1)S(=O)(=O)c1ccc(OCCBr)cc1. The van der Waals surface area contributed by atoms with E-state index in [1.165, 1.54) is 12.1 Å². The van der Waals surface area contributed by atoms with Gasteiger partial charge < -0.3 is 9.84 Å². The molecule has 0 radical (unpaired) electrons. The van der Waals surface area contributed by atoms with Gasteiger partial charge in [0.2, 0.25) is 10.0 Å². The van der Waals surface area contributed by atoms with Gasteiger partial charge in [0.25, 0.3) is 0 Å². The maximum atomic E-state index is 13.3. The third kappa shape index (κ3) is 5.56. The minimum Gasteiger partial charge on any atom is -0.493 e. The summed E-state index contributed by atoms with van der Waals surface area (Å²) in [5.74, 6) is -1.03. The maximum Gasteiger partial charge on any atom is 0.322 e. The highest BCUT2D eigenvalue weighted by molar-refractivity contribution is 9.09. The third-order valence-corrected chi connectivity index (χ3v) is 6.32. The largest absolute Gasteiger partial charge is 0.493 e. The van der Waals surface area contributed by atoms with Crippen molar-refractivity contribution >= 4 is 31.9 Å². The van der Waals surface area contributed by atoms with Gasteiger partial charge in [-0.1, -0.05) is 60.1 Å². The predicted molar refractivity (Wildman–Crippen MR) is 111 cm³/mol. The van der Waals surface area contributed by atoms with Crippen molar-refractivity contribution in [1.82, 2.24) is 4.31 Å². The summed E-state index contributed by atoms with van der Waals surface area (Å²) < 4.78 is 33.2. The van der Waals surface area contributed by atoms with Gasteiger partial charge in [-0.2, -0.15) is 4.31 Å². The Labute approximate surface area is 174 Å². The Morgan fingerprint density at radius 2 is 1.71 bits per heavy atom. The number of alkyl halides is 1. The third-order valence-electron chi connectivity index (χ3n) is 4.15. The topological polar surface area (TPSA) is 83.9 Å². The van der Waals surface area contributed by atoms with Crippen molar-refractivity contribution in [3.8, 4) is 5.75 Å². The average molecular weight is 470 g/mol. The summed E-state index contributed by atoms with van der Waals surface area (Å²) in [6.45, 7) is 3.83. The van der Waals surface area contributed by atoms with Crippen molar-refractivity contribution in [2.45, 2.75) is 31.3 Å². The normalized spacial score (nSPS) is 12.9.